The number of carbonyl (C=O) groups is 1. The fourth-order valence-corrected chi connectivity index (χ4v) is 4.34. The quantitative estimate of drug-likeness (QED) is 0.715. The van der Waals surface area contributed by atoms with Crippen molar-refractivity contribution in [3.05, 3.63) is 60.0 Å². The molecule has 2 aliphatic heterocycles. The van der Waals surface area contributed by atoms with E-state index in [-0.39, 0.29) is 11.8 Å². The summed E-state index contributed by atoms with van der Waals surface area (Å²) in [6.45, 7) is 3.04. The normalized spacial score (nSPS) is 20.1. The zero-order valence-electron chi connectivity index (χ0n) is 15.3. The number of fused-ring (bicyclic) bond motifs is 2. The maximum atomic E-state index is 12.9. The Labute approximate surface area is 158 Å². The molecule has 0 N–H and O–H groups in total. The SMILES string of the molecule is O=C(CN1CCCC(c2nc3ccccc3o2)C1)N1CCc2ccccc21. The molecular weight excluding hydrogens is 338 g/mol. The molecule has 5 nitrogen and oxygen atoms in total. The summed E-state index contributed by atoms with van der Waals surface area (Å²) in [4.78, 5) is 21.8. The van der Waals surface area contributed by atoms with Gasteiger partial charge in [0.25, 0.3) is 0 Å². The number of anilines is 1. The number of oxazole rings is 1. The average molecular weight is 361 g/mol. The highest BCUT2D eigenvalue weighted by atomic mass is 16.3. The summed E-state index contributed by atoms with van der Waals surface area (Å²) in [6.07, 6.45) is 3.07. The van der Waals surface area contributed by atoms with E-state index in [1.54, 1.807) is 0 Å². The van der Waals surface area contributed by atoms with E-state index in [1.165, 1.54) is 5.56 Å². The van der Waals surface area contributed by atoms with Gasteiger partial charge in [-0.3, -0.25) is 9.69 Å². The second-order valence-electron chi connectivity index (χ2n) is 7.52. The predicted octanol–water partition coefficient (Wildman–Crippen LogP) is 3.60. The molecule has 5 rings (SSSR count). The van der Waals surface area contributed by atoms with Crippen LogP contribution in [0.3, 0.4) is 0 Å². The molecule has 1 aromatic heterocycles. The van der Waals surface area contributed by atoms with Gasteiger partial charge in [-0.1, -0.05) is 30.3 Å². The Morgan fingerprint density at radius 2 is 1.96 bits per heavy atom. The molecule has 0 radical (unpaired) electrons. The Bertz CT molecular complexity index is 947. The van der Waals surface area contributed by atoms with Crippen LogP contribution < -0.4 is 4.90 Å². The van der Waals surface area contributed by atoms with E-state index < -0.39 is 0 Å². The highest BCUT2D eigenvalue weighted by Gasteiger charge is 2.29. The van der Waals surface area contributed by atoms with Crippen LogP contribution >= 0.6 is 0 Å². The monoisotopic (exact) mass is 361 g/mol. The van der Waals surface area contributed by atoms with E-state index in [0.717, 1.165) is 61.6 Å². The lowest BCUT2D eigenvalue weighted by molar-refractivity contribution is -0.120. The number of aromatic nitrogens is 1. The molecule has 0 aliphatic carbocycles. The van der Waals surface area contributed by atoms with E-state index in [9.17, 15) is 4.79 Å². The first kappa shape index (κ1) is 16.5. The maximum Gasteiger partial charge on any atom is 0.241 e. The molecule has 1 saturated heterocycles. The number of hydrogen-bond acceptors (Lipinski definition) is 4. The number of para-hydroxylation sites is 3. The summed E-state index contributed by atoms with van der Waals surface area (Å²) >= 11 is 0. The fraction of sp³-hybridized carbons (Fsp3) is 0.364. The molecule has 0 saturated carbocycles. The number of nitrogens with zero attached hydrogens (tertiary/aromatic N) is 3. The fourth-order valence-electron chi connectivity index (χ4n) is 4.34. The Kier molecular flexibility index (Phi) is 4.17. The Morgan fingerprint density at radius 3 is 2.89 bits per heavy atom. The van der Waals surface area contributed by atoms with E-state index in [0.29, 0.717) is 6.54 Å². The third-order valence-corrected chi connectivity index (χ3v) is 5.71. The molecule has 0 spiro atoms. The standard InChI is InChI=1S/C22H23N3O2/c26-21(25-13-11-16-6-1-3-9-19(16)25)15-24-12-5-7-17(14-24)22-23-18-8-2-4-10-20(18)27-22/h1-4,6,8-10,17H,5,7,11-15H2. The summed E-state index contributed by atoms with van der Waals surface area (Å²) in [6, 6.07) is 16.1. The molecule has 1 unspecified atom stereocenters. The van der Waals surface area contributed by atoms with Gasteiger partial charge in [-0.15, -0.1) is 0 Å². The molecule has 2 aromatic carbocycles. The summed E-state index contributed by atoms with van der Waals surface area (Å²) in [5.74, 6) is 1.25. The van der Waals surface area contributed by atoms with Crippen molar-refractivity contribution in [1.29, 1.82) is 0 Å². The molecule has 3 heterocycles. The molecule has 1 amide bonds. The third kappa shape index (κ3) is 3.12. The third-order valence-electron chi connectivity index (χ3n) is 5.71. The number of carbonyl (C=O) groups excluding carboxylic acids is 1. The second kappa shape index (κ2) is 6.82. The zero-order valence-corrected chi connectivity index (χ0v) is 15.3. The number of rotatable bonds is 3. The van der Waals surface area contributed by atoms with Gasteiger partial charge in [0, 0.05) is 24.7 Å². The van der Waals surface area contributed by atoms with Gasteiger partial charge in [0.2, 0.25) is 5.91 Å². The summed E-state index contributed by atoms with van der Waals surface area (Å²) in [5, 5.41) is 0. The van der Waals surface area contributed by atoms with Gasteiger partial charge in [0.1, 0.15) is 5.52 Å². The number of amides is 1. The van der Waals surface area contributed by atoms with Crippen molar-refractivity contribution < 1.29 is 9.21 Å². The lowest BCUT2D eigenvalue weighted by Gasteiger charge is -2.31. The van der Waals surface area contributed by atoms with Crippen LogP contribution in [0.5, 0.6) is 0 Å². The molecule has 5 heteroatoms. The van der Waals surface area contributed by atoms with Crippen LogP contribution in [-0.2, 0) is 11.2 Å². The van der Waals surface area contributed by atoms with Crippen LogP contribution in [0, 0.1) is 0 Å². The van der Waals surface area contributed by atoms with Gasteiger partial charge >= 0.3 is 0 Å². The number of piperidine rings is 1. The van der Waals surface area contributed by atoms with Crippen molar-refractivity contribution in [1.82, 2.24) is 9.88 Å². The number of benzene rings is 2. The van der Waals surface area contributed by atoms with Gasteiger partial charge in [-0.2, -0.15) is 0 Å². The van der Waals surface area contributed by atoms with Crippen molar-refractivity contribution in [2.75, 3.05) is 31.1 Å². The Balaban J connectivity index is 1.28. The molecule has 0 bridgehead atoms. The van der Waals surface area contributed by atoms with Crippen LogP contribution in [0.25, 0.3) is 11.1 Å². The lowest BCUT2D eigenvalue weighted by atomic mass is 9.98. The first-order valence-electron chi connectivity index (χ1n) is 9.74. The molecule has 1 atom stereocenters. The predicted molar refractivity (Wildman–Crippen MR) is 105 cm³/mol. The van der Waals surface area contributed by atoms with Crippen LogP contribution in [0.2, 0.25) is 0 Å². The first-order chi connectivity index (χ1) is 13.3. The minimum atomic E-state index is 0.193. The van der Waals surface area contributed by atoms with Crippen LogP contribution in [0.4, 0.5) is 5.69 Å². The van der Waals surface area contributed by atoms with Crippen molar-refractivity contribution in [2.45, 2.75) is 25.2 Å². The van der Waals surface area contributed by atoms with Gasteiger partial charge in [0.05, 0.1) is 6.54 Å². The second-order valence-corrected chi connectivity index (χ2v) is 7.52. The Hall–Kier alpha value is -2.66. The van der Waals surface area contributed by atoms with Gasteiger partial charge in [0.15, 0.2) is 11.5 Å². The van der Waals surface area contributed by atoms with Crippen LogP contribution in [0.1, 0.15) is 30.2 Å². The minimum Gasteiger partial charge on any atom is -0.440 e. The highest BCUT2D eigenvalue weighted by molar-refractivity contribution is 5.96. The van der Waals surface area contributed by atoms with Crippen molar-refractivity contribution >= 4 is 22.7 Å². The van der Waals surface area contributed by atoms with E-state index in [4.69, 9.17) is 4.42 Å². The van der Waals surface area contributed by atoms with Gasteiger partial charge < -0.3 is 9.32 Å². The van der Waals surface area contributed by atoms with Crippen molar-refractivity contribution in [2.24, 2.45) is 0 Å². The average Bonchev–Trinajstić information content (AvgIpc) is 3.32. The van der Waals surface area contributed by atoms with Crippen LogP contribution in [0.15, 0.2) is 52.9 Å². The molecule has 27 heavy (non-hydrogen) atoms. The molecular formula is C22H23N3O2. The molecule has 138 valence electrons. The number of likely N-dealkylation sites (tertiary alicyclic amines) is 1. The Morgan fingerprint density at radius 1 is 1.11 bits per heavy atom. The van der Waals surface area contributed by atoms with E-state index in [1.807, 2.05) is 41.3 Å². The van der Waals surface area contributed by atoms with Gasteiger partial charge in [-0.05, 0) is 49.6 Å². The molecule has 1 fully saturated rings. The highest BCUT2D eigenvalue weighted by Crippen LogP contribution is 2.30. The topological polar surface area (TPSA) is 49.6 Å². The summed E-state index contributed by atoms with van der Waals surface area (Å²) in [7, 11) is 0. The zero-order chi connectivity index (χ0) is 18.2. The smallest absolute Gasteiger partial charge is 0.241 e. The molecule has 3 aromatic rings. The largest absolute Gasteiger partial charge is 0.440 e. The van der Waals surface area contributed by atoms with Gasteiger partial charge in [-0.25, -0.2) is 4.98 Å². The maximum absolute atomic E-state index is 12.9. The van der Waals surface area contributed by atoms with E-state index in [2.05, 4.69) is 22.0 Å². The summed E-state index contributed by atoms with van der Waals surface area (Å²) in [5.41, 5.74) is 4.10. The summed E-state index contributed by atoms with van der Waals surface area (Å²) < 4.78 is 5.97. The van der Waals surface area contributed by atoms with Crippen molar-refractivity contribution in [3.8, 4) is 0 Å². The lowest BCUT2D eigenvalue weighted by Crippen LogP contribution is -2.43. The number of hydrogen-bond donors (Lipinski definition) is 0. The first-order valence-corrected chi connectivity index (χ1v) is 9.74. The van der Waals surface area contributed by atoms with E-state index >= 15 is 0 Å². The minimum absolute atomic E-state index is 0.193. The van der Waals surface area contributed by atoms with Crippen molar-refractivity contribution in [3.63, 3.8) is 0 Å². The molecule has 2 aliphatic rings. The van der Waals surface area contributed by atoms with Crippen LogP contribution in [-0.4, -0.2) is 42.0 Å².